The van der Waals surface area contributed by atoms with E-state index in [1.165, 1.54) is 50.3 Å². The van der Waals surface area contributed by atoms with E-state index < -0.39 is 6.03 Å². The number of aliphatic imine (C=N–C) groups is 1. The Morgan fingerprint density at radius 2 is 1.64 bits per heavy atom. The molecule has 1 aromatic heterocycles. The minimum atomic E-state index is -0.506. The zero-order chi connectivity index (χ0) is 25.0. The van der Waals surface area contributed by atoms with Crippen molar-refractivity contribution in [2.24, 2.45) is 22.7 Å². The van der Waals surface area contributed by atoms with E-state index in [0.717, 1.165) is 34.6 Å². The molecule has 186 valence electrons. The first-order chi connectivity index (χ1) is 17.3. The molecule has 0 unspecified atom stereocenters. The highest BCUT2D eigenvalue weighted by Crippen LogP contribution is 2.60. The lowest BCUT2D eigenvalue weighted by Gasteiger charge is -2.57. The lowest BCUT2D eigenvalue weighted by Crippen LogP contribution is -2.48. The highest BCUT2D eigenvalue weighted by Gasteiger charge is 2.51. The number of hydrogen-bond acceptors (Lipinski definition) is 2. The van der Waals surface area contributed by atoms with Crippen molar-refractivity contribution in [3.63, 3.8) is 0 Å². The van der Waals surface area contributed by atoms with Gasteiger partial charge in [0, 0.05) is 17.6 Å². The number of aromatic amines is 1. The summed E-state index contributed by atoms with van der Waals surface area (Å²) in [4.78, 5) is 29.6. The molecular weight excluding hydrogens is 448 g/mol. The summed E-state index contributed by atoms with van der Waals surface area (Å²) < 4.78 is 1.54. The number of anilines is 1. The van der Waals surface area contributed by atoms with Gasteiger partial charge in [0.2, 0.25) is 0 Å². The van der Waals surface area contributed by atoms with E-state index in [1.807, 2.05) is 39.0 Å². The average Bonchev–Trinajstić information content (AvgIpc) is 3.12. The fourth-order valence-corrected chi connectivity index (χ4v) is 7.55. The number of nitrogens with zero attached hydrogens (tertiary/aromatic N) is 2. The second-order valence-electron chi connectivity index (χ2n) is 11.5. The number of amides is 2. The number of hydrogen-bond donors (Lipinski definition) is 2. The highest BCUT2D eigenvalue weighted by atomic mass is 16.2. The normalized spacial score (nSPS) is 26.6. The molecule has 1 heterocycles. The zero-order valence-electron chi connectivity index (χ0n) is 21.3. The molecule has 0 saturated heterocycles. The second kappa shape index (κ2) is 8.61. The molecule has 2 N–H and O–H groups in total. The van der Waals surface area contributed by atoms with Gasteiger partial charge in [0.1, 0.15) is 0 Å². The number of rotatable bonds is 4. The lowest BCUT2D eigenvalue weighted by atomic mass is 9.48. The molecule has 0 aliphatic heterocycles. The molecule has 6 nitrogen and oxygen atoms in total. The molecule has 4 bridgehead atoms. The third-order valence-corrected chi connectivity index (χ3v) is 8.83. The first kappa shape index (κ1) is 23.0. The Balaban J connectivity index is 1.20. The van der Waals surface area contributed by atoms with Crippen LogP contribution in [-0.4, -0.2) is 22.0 Å². The van der Waals surface area contributed by atoms with Crippen LogP contribution in [0.4, 0.5) is 10.5 Å². The minimum absolute atomic E-state index is 0.210. The summed E-state index contributed by atoms with van der Waals surface area (Å²) in [7, 11) is 0. The van der Waals surface area contributed by atoms with Crippen LogP contribution in [0.3, 0.4) is 0 Å². The third kappa shape index (κ3) is 4.02. The number of nitrogens with one attached hydrogen (secondary N) is 2. The number of urea groups is 1. The molecule has 0 radical (unpaired) electrons. The predicted octanol–water partition coefficient (Wildman–Crippen LogP) is 6.21. The van der Waals surface area contributed by atoms with E-state index in [-0.39, 0.29) is 5.56 Å². The van der Waals surface area contributed by atoms with Crippen molar-refractivity contribution < 1.29 is 4.79 Å². The van der Waals surface area contributed by atoms with Gasteiger partial charge in [-0.1, -0.05) is 29.8 Å². The van der Waals surface area contributed by atoms with Crippen molar-refractivity contribution in [1.29, 1.82) is 0 Å². The van der Waals surface area contributed by atoms with Crippen molar-refractivity contribution in [2.75, 3.05) is 5.32 Å². The van der Waals surface area contributed by atoms with E-state index >= 15 is 0 Å². The van der Waals surface area contributed by atoms with Gasteiger partial charge >= 0.3 is 6.03 Å². The van der Waals surface area contributed by atoms with Crippen LogP contribution in [-0.2, 0) is 5.41 Å². The number of benzene rings is 2. The SMILES string of the molecule is Cc1ccc(NC(=O)N=Cc2c(C)[nH]n(-c3ccc(C45CC6CC(CC(C6)C4)C5)cc3)c2=O)c(C)c1. The van der Waals surface area contributed by atoms with E-state index in [2.05, 4.69) is 39.7 Å². The van der Waals surface area contributed by atoms with E-state index in [1.54, 1.807) is 4.68 Å². The molecular formula is C30H34N4O2. The molecule has 36 heavy (non-hydrogen) atoms. The van der Waals surface area contributed by atoms with Gasteiger partial charge in [-0.25, -0.2) is 14.5 Å². The van der Waals surface area contributed by atoms with Crippen LogP contribution >= 0.6 is 0 Å². The number of aromatic nitrogens is 2. The van der Waals surface area contributed by atoms with E-state index in [0.29, 0.717) is 22.4 Å². The topological polar surface area (TPSA) is 79.2 Å². The smallest absolute Gasteiger partial charge is 0.306 e. The summed E-state index contributed by atoms with van der Waals surface area (Å²) in [5.74, 6) is 2.70. The Kier molecular flexibility index (Phi) is 5.51. The van der Waals surface area contributed by atoms with Crippen molar-refractivity contribution >= 4 is 17.9 Å². The van der Waals surface area contributed by atoms with Gasteiger partial charge < -0.3 is 5.32 Å². The van der Waals surface area contributed by atoms with Crippen molar-refractivity contribution in [3.8, 4) is 5.69 Å². The molecule has 4 aliphatic carbocycles. The maximum Gasteiger partial charge on any atom is 0.345 e. The maximum atomic E-state index is 13.2. The molecule has 4 fully saturated rings. The van der Waals surface area contributed by atoms with Gasteiger partial charge in [0.25, 0.3) is 5.56 Å². The molecule has 7 rings (SSSR count). The third-order valence-electron chi connectivity index (χ3n) is 8.83. The van der Waals surface area contributed by atoms with Gasteiger partial charge in [-0.2, -0.15) is 0 Å². The summed E-state index contributed by atoms with van der Waals surface area (Å²) >= 11 is 0. The molecule has 6 heteroatoms. The van der Waals surface area contributed by atoms with Crippen molar-refractivity contribution in [1.82, 2.24) is 9.78 Å². The summed E-state index contributed by atoms with van der Waals surface area (Å²) in [6.07, 6.45) is 9.62. The maximum absolute atomic E-state index is 13.2. The number of aryl methyl sites for hydroxylation is 3. The van der Waals surface area contributed by atoms with Gasteiger partial charge in [0.15, 0.2) is 0 Å². The largest absolute Gasteiger partial charge is 0.345 e. The molecule has 2 amide bonds. The van der Waals surface area contributed by atoms with Crippen LogP contribution in [0.15, 0.2) is 52.3 Å². The molecule has 4 saturated carbocycles. The quantitative estimate of drug-likeness (QED) is 0.434. The van der Waals surface area contributed by atoms with Crippen LogP contribution in [0, 0.1) is 38.5 Å². The standard InChI is InChI=1S/C30H34N4O2/c1-18-4-9-27(19(2)10-18)32-29(36)31-17-26-20(3)33-34(28(26)35)25-7-5-24(6-8-25)30-14-21-11-22(15-30)13-23(12-21)16-30/h4-10,17,21-23,33H,11-16H2,1-3H3,(H,32,36). The van der Waals surface area contributed by atoms with Crippen LogP contribution < -0.4 is 10.9 Å². The van der Waals surface area contributed by atoms with Gasteiger partial charge in [-0.3, -0.25) is 9.89 Å². The fraction of sp³-hybridized carbons (Fsp3) is 0.433. The van der Waals surface area contributed by atoms with E-state index in [4.69, 9.17) is 0 Å². The Morgan fingerprint density at radius 3 is 2.25 bits per heavy atom. The summed E-state index contributed by atoms with van der Waals surface area (Å²) in [6.45, 7) is 5.77. The average molecular weight is 483 g/mol. The Morgan fingerprint density at radius 1 is 1.00 bits per heavy atom. The van der Waals surface area contributed by atoms with Gasteiger partial charge in [0.05, 0.1) is 11.3 Å². The monoisotopic (exact) mass is 482 g/mol. The van der Waals surface area contributed by atoms with Crippen LogP contribution in [0.2, 0.25) is 0 Å². The Hall–Kier alpha value is -3.41. The zero-order valence-corrected chi connectivity index (χ0v) is 21.3. The molecule has 4 aliphatic rings. The van der Waals surface area contributed by atoms with E-state index in [9.17, 15) is 9.59 Å². The summed E-state index contributed by atoms with van der Waals surface area (Å²) in [5, 5.41) is 5.94. The van der Waals surface area contributed by atoms with Crippen molar-refractivity contribution in [2.45, 2.75) is 64.7 Å². The lowest BCUT2D eigenvalue weighted by molar-refractivity contribution is -0.00518. The van der Waals surface area contributed by atoms with Crippen LogP contribution in [0.5, 0.6) is 0 Å². The predicted molar refractivity (Wildman–Crippen MR) is 144 cm³/mol. The molecule has 0 spiro atoms. The number of carbonyl (C=O) groups excluding carboxylic acids is 1. The second-order valence-corrected chi connectivity index (χ2v) is 11.5. The first-order valence-corrected chi connectivity index (χ1v) is 13.1. The number of H-pyrrole nitrogens is 1. The van der Waals surface area contributed by atoms with Crippen molar-refractivity contribution in [3.05, 3.63) is 80.8 Å². The molecule has 3 aromatic rings. The minimum Gasteiger partial charge on any atom is -0.306 e. The number of carbonyl (C=O) groups is 1. The van der Waals surface area contributed by atoms with Crippen LogP contribution in [0.25, 0.3) is 5.69 Å². The summed E-state index contributed by atoms with van der Waals surface area (Å²) in [6, 6.07) is 13.9. The van der Waals surface area contributed by atoms with Gasteiger partial charge in [-0.15, -0.1) is 0 Å². The van der Waals surface area contributed by atoms with Gasteiger partial charge in [-0.05, 0) is 112 Å². The molecule has 0 atom stereocenters. The summed E-state index contributed by atoms with van der Waals surface area (Å²) in [5.41, 5.74) is 6.24. The fourth-order valence-electron chi connectivity index (χ4n) is 7.55. The first-order valence-electron chi connectivity index (χ1n) is 13.1. The molecule has 2 aromatic carbocycles. The Labute approximate surface area is 211 Å². The van der Waals surface area contributed by atoms with Crippen LogP contribution in [0.1, 0.15) is 66.5 Å². The Bertz CT molecular complexity index is 1370. The highest BCUT2D eigenvalue weighted by molar-refractivity contribution is 5.98.